The summed E-state index contributed by atoms with van der Waals surface area (Å²) < 4.78 is 19.9. The quantitative estimate of drug-likeness (QED) is 0.193. The van der Waals surface area contributed by atoms with Gasteiger partial charge in [-0.1, -0.05) is 44.5 Å². The molecule has 1 amide bonds. The fourth-order valence-electron chi connectivity index (χ4n) is 5.30. The molecule has 4 N–H and O–H groups in total. The van der Waals surface area contributed by atoms with Crippen LogP contribution in [0.5, 0.6) is 0 Å². The number of hydrogen-bond acceptors (Lipinski definition) is 7. The Morgan fingerprint density at radius 2 is 1.67 bits per heavy atom. The minimum absolute atomic E-state index is 0.0502. The number of nitrogens with two attached hydrogens (primary N) is 1. The average molecular weight is 637 g/mol. The summed E-state index contributed by atoms with van der Waals surface area (Å²) in [6, 6.07) is 11.2. The van der Waals surface area contributed by atoms with Crippen LogP contribution in [-0.2, 0) is 4.79 Å². The molecule has 3 aromatic rings. The minimum atomic E-state index is -0.685. The van der Waals surface area contributed by atoms with Crippen LogP contribution in [0.2, 0.25) is 0 Å². The molecule has 2 saturated carbocycles. The number of rotatable bonds is 10. The predicted octanol–water partition coefficient (Wildman–Crippen LogP) is 7.66. The van der Waals surface area contributed by atoms with Crippen molar-refractivity contribution in [3.63, 3.8) is 0 Å². The third kappa shape index (κ3) is 10.8. The summed E-state index contributed by atoms with van der Waals surface area (Å²) in [5.74, 6) is -1.40. The zero-order valence-corrected chi connectivity index (χ0v) is 27.8. The van der Waals surface area contributed by atoms with Gasteiger partial charge in [0.05, 0.1) is 22.9 Å². The van der Waals surface area contributed by atoms with Crippen LogP contribution < -0.4 is 16.0 Å². The minimum Gasteiger partial charge on any atom is -0.481 e. The highest BCUT2D eigenvalue weighted by atomic mass is 19.1. The van der Waals surface area contributed by atoms with E-state index in [-0.39, 0.29) is 23.2 Å². The first kappa shape index (κ1) is 36.4. The second-order valence-corrected chi connectivity index (χ2v) is 12.2. The van der Waals surface area contributed by atoms with Gasteiger partial charge in [-0.2, -0.15) is 0 Å². The Balaban J connectivity index is 0.000000259. The lowest BCUT2D eigenvalue weighted by Crippen LogP contribution is -2.31. The summed E-state index contributed by atoms with van der Waals surface area (Å²) in [6.45, 7) is 11.0. The van der Waals surface area contributed by atoms with Crippen LogP contribution in [0.1, 0.15) is 116 Å². The molecule has 9 nitrogen and oxygen atoms in total. The lowest BCUT2D eigenvalue weighted by Gasteiger charge is -2.27. The van der Waals surface area contributed by atoms with E-state index in [2.05, 4.69) is 48.4 Å². The van der Waals surface area contributed by atoms with Crippen LogP contribution in [0.25, 0.3) is 0 Å². The second-order valence-electron chi connectivity index (χ2n) is 12.2. The zero-order valence-electron chi connectivity index (χ0n) is 27.8. The maximum Gasteiger partial charge on any atom is 0.306 e. The molecule has 2 aromatic carbocycles. The molecular weight excluding hydrogens is 587 g/mol. The Bertz CT molecular complexity index is 1440. The molecule has 10 heteroatoms. The van der Waals surface area contributed by atoms with E-state index in [1.807, 2.05) is 18.7 Å². The number of aryl methyl sites for hydroxylation is 2. The number of ketones is 1. The van der Waals surface area contributed by atoms with E-state index in [4.69, 9.17) is 15.3 Å². The number of amides is 1. The van der Waals surface area contributed by atoms with Gasteiger partial charge in [0.15, 0.2) is 17.4 Å². The molecule has 0 radical (unpaired) electrons. The van der Waals surface area contributed by atoms with Crippen molar-refractivity contribution in [2.45, 2.75) is 97.9 Å². The van der Waals surface area contributed by atoms with E-state index in [0.29, 0.717) is 42.7 Å². The average Bonchev–Trinajstić information content (AvgIpc) is 3.75. The lowest BCUT2D eigenvalue weighted by molar-refractivity contribution is -0.142. The van der Waals surface area contributed by atoms with Crippen molar-refractivity contribution in [2.24, 2.45) is 11.7 Å². The van der Waals surface area contributed by atoms with E-state index in [1.54, 1.807) is 0 Å². The molecule has 5 rings (SSSR count). The van der Waals surface area contributed by atoms with Gasteiger partial charge >= 0.3 is 5.97 Å². The highest BCUT2D eigenvalue weighted by molar-refractivity contribution is 6.06. The van der Waals surface area contributed by atoms with Crippen LogP contribution in [0, 0.1) is 25.6 Å². The fourth-order valence-corrected chi connectivity index (χ4v) is 5.30. The number of anilines is 2. The molecule has 0 aliphatic heterocycles. The number of carboxylic acid groups (broad SMARTS) is 1. The molecular formula is C36H49FN4O5. The highest BCUT2D eigenvalue weighted by Gasteiger charge is 2.30. The van der Waals surface area contributed by atoms with Gasteiger partial charge in [-0.15, -0.1) is 0 Å². The molecule has 250 valence electrons. The molecule has 1 heterocycles. The van der Waals surface area contributed by atoms with Crippen molar-refractivity contribution >= 4 is 29.0 Å². The summed E-state index contributed by atoms with van der Waals surface area (Å²) in [4.78, 5) is 41.2. The number of carbonyl (C=O) groups excluding carboxylic acids is 2. The number of nitrogens with zero attached hydrogens (tertiary/aromatic N) is 2. The van der Waals surface area contributed by atoms with Crippen LogP contribution in [-0.4, -0.2) is 46.9 Å². The molecule has 46 heavy (non-hydrogen) atoms. The number of hydrogen-bond donors (Lipinski definition) is 3. The molecule has 2 fully saturated rings. The molecule has 0 spiro atoms. The Hall–Kier alpha value is -4.05. The van der Waals surface area contributed by atoms with Crippen LogP contribution in [0.4, 0.5) is 15.8 Å². The van der Waals surface area contributed by atoms with Crippen molar-refractivity contribution in [2.75, 3.05) is 23.3 Å². The first-order chi connectivity index (χ1) is 21.9. The lowest BCUT2D eigenvalue weighted by atomic mass is 9.86. The number of carbonyl (C=O) groups is 3. The summed E-state index contributed by atoms with van der Waals surface area (Å²) in [5, 5.41) is 11.4. The third-order valence-electron chi connectivity index (χ3n) is 8.21. The Labute approximate surface area is 271 Å². The second kappa shape index (κ2) is 17.6. The summed E-state index contributed by atoms with van der Waals surface area (Å²) in [6.07, 6.45) is 8.56. The smallest absolute Gasteiger partial charge is 0.306 e. The first-order valence-electron chi connectivity index (χ1n) is 16.3. The Kier molecular flexibility index (Phi) is 13.9. The standard InChI is InChI=1S/C21H26FN3O3.C8H10.C7H13NO2/c1-4-8-25(9-5-2)19-11-16(22)15(13(3)26)10-17(19)23-20(27)18-12-28-21(24-18)14-6-7-14;1-7-5-3-4-6-8(7)2;8-6-3-1-2-5(4-6)7(9)10/h10-12,14H,4-9H2,1-3H3,(H,23,27);3-6H,1-2H3;5-6H,1-4,8H2,(H,9,10)/t;;5-,6+/m..0/s1. The SMILES string of the molecule is CCCN(CCC)c1cc(F)c(C(C)=O)cc1NC(=O)c1coc(C2CC2)n1.Cc1ccccc1C.N[C@@H]1CCC[C@H](C(=O)O)C1. The molecule has 2 atom stereocenters. The van der Waals surface area contributed by atoms with Crippen LogP contribution in [0.3, 0.4) is 0 Å². The van der Waals surface area contributed by atoms with Crippen molar-refractivity contribution < 1.29 is 28.3 Å². The normalized spacial score (nSPS) is 17.1. The predicted molar refractivity (Wildman–Crippen MR) is 179 cm³/mol. The van der Waals surface area contributed by atoms with E-state index >= 15 is 0 Å². The highest BCUT2D eigenvalue weighted by Crippen LogP contribution is 2.39. The fraction of sp³-hybridized carbons (Fsp3) is 0.500. The zero-order chi connectivity index (χ0) is 33.8. The van der Waals surface area contributed by atoms with Gasteiger partial charge in [0.2, 0.25) is 0 Å². The third-order valence-corrected chi connectivity index (χ3v) is 8.21. The van der Waals surface area contributed by atoms with Gasteiger partial charge < -0.3 is 25.5 Å². The van der Waals surface area contributed by atoms with Gasteiger partial charge in [0.25, 0.3) is 5.91 Å². The maximum atomic E-state index is 14.5. The number of aliphatic carboxylic acids is 1. The largest absolute Gasteiger partial charge is 0.481 e. The number of carboxylic acids is 1. The maximum absolute atomic E-state index is 14.5. The van der Waals surface area contributed by atoms with Gasteiger partial charge in [-0.3, -0.25) is 14.4 Å². The number of nitrogens with one attached hydrogen (secondary N) is 1. The van der Waals surface area contributed by atoms with Gasteiger partial charge in [-0.25, -0.2) is 9.37 Å². The molecule has 2 aliphatic rings. The Morgan fingerprint density at radius 1 is 1.04 bits per heavy atom. The number of halogens is 1. The molecule has 0 bridgehead atoms. The van der Waals surface area contributed by atoms with Crippen molar-refractivity contribution in [1.29, 1.82) is 0 Å². The molecule has 1 aromatic heterocycles. The number of aromatic nitrogens is 1. The Morgan fingerprint density at radius 3 is 2.15 bits per heavy atom. The molecule has 0 unspecified atom stereocenters. The number of oxazole rings is 1. The molecule has 0 saturated heterocycles. The summed E-state index contributed by atoms with van der Waals surface area (Å²) >= 11 is 0. The van der Waals surface area contributed by atoms with E-state index in [9.17, 15) is 18.8 Å². The van der Waals surface area contributed by atoms with Gasteiger partial charge in [0, 0.05) is 31.1 Å². The van der Waals surface area contributed by atoms with Crippen LogP contribution in [0.15, 0.2) is 47.1 Å². The monoisotopic (exact) mass is 636 g/mol. The van der Waals surface area contributed by atoms with Crippen molar-refractivity contribution in [1.82, 2.24) is 4.98 Å². The van der Waals surface area contributed by atoms with E-state index in [1.165, 1.54) is 36.4 Å². The van der Waals surface area contributed by atoms with Crippen molar-refractivity contribution in [3.05, 3.63) is 76.8 Å². The first-order valence-corrected chi connectivity index (χ1v) is 16.3. The topological polar surface area (TPSA) is 139 Å². The van der Waals surface area contributed by atoms with E-state index in [0.717, 1.165) is 44.9 Å². The summed E-state index contributed by atoms with van der Waals surface area (Å²) in [5.41, 5.74) is 9.42. The number of benzene rings is 2. The van der Waals surface area contributed by atoms with Crippen LogP contribution >= 0.6 is 0 Å². The van der Waals surface area contributed by atoms with Gasteiger partial charge in [0.1, 0.15) is 12.1 Å². The molecule has 2 aliphatic carbocycles. The van der Waals surface area contributed by atoms with Crippen molar-refractivity contribution in [3.8, 4) is 0 Å². The van der Waals surface area contributed by atoms with E-state index < -0.39 is 23.5 Å². The van der Waals surface area contributed by atoms with Gasteiger partial charge in [-0.05, 0) is 82.9 Å². The summed E-state index contributed by atoms with van der Waals surface area (Å²) in [7, 11) is 0. The number of Topliss-reactive ketones (excluding diaryl/α,β-unsaturated/α-hetero) is 1.